The summed E-state index contributed by atoms with van der Waals surface area (Å²) in [4.78, 5) is 12.5. The van der Waals surface area contributed by atoms with Gasteiger partial charge in [-0.1, -0.05) is 17.3 Å². The first-order valence-corrected chi connectivity index (χ1v) is 9.65. The molecule has 3 rings (SSSR count). The second-order valence-corrected chi connectivity index (χ2v) is 6.81. The third-order valence-electron chi connectivity index (χ3n) is 4.84. The predicted molar refractivity (Wildman–Crippen MR) is 112 cm³/mol. The summed E-state index contributed by atoms with van der Waals surface area (Å²) >= 11 is 0. The molecule has 158 valence electrons. The van der Waals surface area contributed by atoms with Crippen molar-refractivity contribution in [2.24, 2.45) is 0 Å². The molecule has 0 aliphatic carbocycles. The fraction of sp³-hybridized carbons (Fsp3) is 0.304. The molecular formula is C23H26N2O5. The van der Waals surface area contributed by atoms with Crippen molar-refractivity contribution >= 4 is 5.91 Å². The second-order valence-electron chi connectivity index (χ2n) is 6.81. The van der Waals surface area contributed by atoms with Gasteiger partial charge in [0.05, 0.1) is 25.5 Å². The molecular weight excluding hydrogens is 384 g/mol. The van der Waals surface area contributed by atoms with Crippen LogP contribution in [-0.2, 0) is 13.0 Å². The quantitative estimate of drug-likeness (QED) is 0.577. The van der Waals surface area contributed by atoms with E-state index in [0.717, 1.165) is 34.8 Å². The summed E-state index contributed by atoms with van der Waals surface area (Å²) in [7, 11) is 3.18. The summed E-state index contributed by atoms with van der Waals surface area (Å²) in [6.45, 7) is 4.55. The van der Waals surface area contributed by atoms with E-state index in [4.69, 9.17) is 18.7 Å². The van der Waals surface area contributed by atoms with Crippen LogP contribution in [0.5, 0.6) is 17.2 Å². The van der Waals surface area contributed by atoms with Crippen LogP contribution >= 0.6 is 0 Å². The molecule has 2 aromatic carbocycles. The zero-order valence-electron chi connectivity index (χ0n) is 17.7. The molecule has 0 bridgehead atoms. The summed E-state index contributed by atoms with van der Waals surface area (Å²) in [6, 6.07) is 12.9. The minimum absolute atomic E-state index is 0.168. The Hall–Kier alpha value is -3.48. The van der Waals surface area contributed by atoms with E-state index in [9.17, 15) is 4.79 Å². The first-order valence-electron chi connectivity index (χ1n) is 9.65. The van der Waals surface area contributed by atoms with Crippen LogP contribution in [0.1, 0.15) is 32.9 Å². The number of carbonyl (C=O) groups is 1. The van der Waals surface area contributed by atoms with E-state index in [1.54, 1.807) is 32.4 Å². The van der Waals surface area contributed by atoms with Crippen LogP contribution in [0.15, 0.2) is 47.0 Å². The van der Waals surface area contributed by atoms with E-state index in [1.807, 2.05) is 38.1 Å². The Morgan fingerprint density at radius 3 is 2.43 bits per heavy atom. The third kappa shape index (κ3) is 5.11. The number of carbonyl (C=O) groups excluding carboxylic acids is 1. The number of ether oxygens (including phenoxy) is 3. The first-order chi connectivity index (χ1) is 14.5. The van der Waals surface area contributed by atoms with Crippen molar-refractivity contribution in [2.45, 2.75) is 26.9 Å². The number of nitrogens with one attached hydrogen (secondary N) is 1. The lowest BCUT2D eigenvalue weighted by Crippen LogP contribution is -2.25. The van der Waals surface area contributed by atoms with Gasteiger partial charge in [-0.3, -0.25) is 4.79 Å². The van der Waals surface area contributed by atoms with E-state index in [2.05, 4.69) is 10.5 Å². The molecule has 1 heterocycles. The van der Waals surface area contributed by atoms with Crippen molar-refractivity contribution in [1.29, 1.82) is 0 Å². The van der Waals surface area contributed by atoms with Crippen molar-refractivity contribution in [3.8, 4) is 17.2 Å². The molecule has 7 nitrogen and oxygen atoms in total. The molecule has 0 saturated heterocycles. The normalized spacial score (nSPS) is 10.5. The lowest BCUT2D eigenvalue weighted by Gasteiger charge is -2.12. The lowest BCUT2D eigenvalue weighted by atomic mass is 10.1. The number of hydrogen-bond donors (Lipinski definition) is 1. The Morgan fingerprint density at radius 2 is 1.80 bits per heavy atom. The summed E-state index contributed by atoms with van der Waals surface area (Å²) < 4.78 is 21.6. The van der Waals surface area contributed by atoms with Crippen molar-refractivity contribution in [3.05, 3.63) is 70.6 Å². The van der Waals surface area contributed by atoms with Gasteiger partial charge in [0.2, 0.25) is 0 Å². The van der Waals surface area contributed by atoms with Crippen LogP contribution < -0.4 is 19.5 Å². The number of benzene rings is 2. The fourth-order valence-corrected chi connectivity index (χ4v) is 3.00. The van der Waals surface area contributed by atoms with Crippen LogP contribution in [0.25, 0.3) is 0 Å². The highest BCUT2D eigenvalue weighted by atomic mass is 16.5. The molecule has 0 saturated carbocycles. The Kier molecular flexibility index (Phi) is 6.95. The zero-order valence-corrected chi connectivity index (χ0v) is 17.7. The van der Waals surface area contributed by atoms with Gasteiger partial charge < -0.3 is 24.1 Å². The van der Waals surface area contributed by atoms with Gasteiger partial charge >= 0.3 is 0 Å². The SMILES string of the molecule is COc1ccc(CCNC(=O)c2ccc(OCc3c(C)noc3C)c(OC)c2)cc1. The lowest BCUT2D eigenvalue weighted by molar-refractivity contribution is 0.0953. The molecule has 0 atom stereocenters. The van der Waals surface area contributed by atoms with Gasteiger partial charge in [0.25, 0.3) is 5.91 Å². The number of methoxy groups -OCH3 is 2. The number of aryl methyl sites for hydroxylation is 2. The van der Waals surface area contributed by atoms with E-state index >= 15 is 0 Å². The van der Waals surface area contributed by atoms with Gasteiger partial charge in [-0.05, 0) is 56.2 Å². The van der Waals surface area contributed by atoms with Gasteiger partial charge in [0, 0.05) is 12.1 Å². The highest BCUT2D eigenvalue weighted by Crippen LogP contribution is 2.29. The Balaban J connectivity index is 1.58. The minimum atomic E-state index is -0.168. The van der Waals surface area contributed by atoms with Crippen molar-refractivity contribution in [2.75, 3.05) is 20.8 Å². The van der Waals surface area contributed by atoms with Crippen LogP contribution in [0.2, 0.25) is 0 Å². The van der Waals surface area contributed by atoms with Gasteiger partial charge in [-0.25, -0.2) is 0 Å². The third-order valence-corrected chi connectivity index (χ3v) is 4.84. The van der Waals surface area contributed by atoms with Gasteiger partial charge in [-0.2, -0.15) is 0 Å². The van der Waals surface area contributed by atoms with Gasteiger partial charge in [-0.15, -0.1) is 0 Å². The summed E-state index contributed by atoms with van der Waals surface area (Å²) in [5.74, 6) is 2.40. The Bertz CT molecular complexity index is 976. The van der Waals surface area contributed by atoms with Gasteiger partial charge in [0.15, 0.2) is 11.5 Å². The molecule has 3 aromatic rings. The first kappa shape index (κ1) is 21.2. The van der Waals surface area contributed by atoms with Crippen LogP contribution in [0, 0.1) is 13.8 Å². The molecule has 1 aromatic heterocycles. The predicted octanol–water partition coefficient (Wildman–Crippen LogP) is 3.86. The molecule has 1 amide bonds. The van der Waals surface area contributed by atoms with Crippen LogP contribution in [-0.4, -0.2) is 31.8 Å². The molecule has 0 aliphatic heterocycles. The number of aromatic nitrogens is 1. The summed E-state index contributed by atoms with van der Waals surface area (Å²) in [5, 5.41) is 6.85. The molecule has 30 heavy (non-hydrogen) atoms. The van der Waals surface area contributed by atoms with E-state index in [0.29, 0.717) is 30.2 Å². The molecule has 0 radical (unpaired) electrons. The van der Waals surface area contributed by atoms with E-state index in [1.165, 1.54) is 0 Å². The van der Waals surface area contributed by atoms with E-state index in [-0.39, 0.29) is 5.91 Å². The molecule has 7 heteroatoms. The Labute approximate surface area is 175 Å². The molecule has 1 N–H and O–H groups in total. The standard InChI is InChI=1S/C23H26N2O5/c1-15-20(16(2)30-25-15)14-29-21-10-7-18(13-22(21)28-4)23(26)24-12-11-17-5-8-19(27-3)9-6-17/h5-10,13H,11-12,14H2,1-4H3,(H,24,26). The maximum absolute atomic E-state index is 12.5. The minimum Gasteiger partial charge on any atom is -0.497 e. The molecule has 0 fully saturated rings. The number of nitrogens with zero attached hydrogens (tertiary/aromatic N) is 1. The molecule has 0 spiro atoms. The smallest absolute Gasteiger partial charge is 0.251 e. The topological polar surface area (TPSA) is 82.8 Å². The number of amides is 1. The number of hydrogen-bond acceptors (Lipinski definition) is 6. The average Bonchev–Trinajstić information content (AvgIpc) is 3.09. The zero-order chi connectivity index (χ0) is 21.5. The van der Waals surface area contributed by atoms with Crippen molar-refractivity contribution < 1.29 is 23.5 Å². The Morgan fingerprint density at radius 1 is 1.03 bits per heavy atom. The van der Waals surface area contributed by atoms with E-state index < -0.39 is 0 Å². The second kappa shape index (κ2) is 9.82. The van der Waals surface area contributed by atoms with Crippen molar-refractivity contribution in [1.82, 2.24) is 10.5 Å². The maximum Gasteiger partial charge on any atom is 0.251 e. The van der Waals surface area contributed by atoms with Crippen LogP contribution in [0.4, 0.5) is 0 Å². The van der Waals surface area contributed by atoms with Crippen molar-refractivity contribution in [3.63, 3.8) is 0 Å². The summed E-state index contributed by atoms with van der Waals surface area (Å²) in [5.41, 5.74) is 3.32. The summed E-state index contributed by atoms with van der Waals surface area (Å²) in [6.07, 6.45) is 0.728. The molecule has 0 aliphatic rings. The number of rotatable bonds is 9. The van der Waals surface area contributed by atoms with Gasteiger partial charge in [0.1, 0.15) is 18.1 Å². The maximum atomic E-state index is 12.5. The highest BCUT2D eigenvalue weighted by Gasteiger charge is 2.14. The highest BCUT2D eigenvalue weighted by molar-refractivity contribution is 5.94. The van der Waals surface area contributed by atoms with Crippen LogP contribution in [0.3, 0.4) is 0 Å². The fourth-order valence-electron chi connectivity index (χ4n) is 3.00. The monoisotopic (exact) mass is 410 g/mol. The molecule has 0 unspecified atom stereocenters. The largest absolute Gasteiger partial charge is 0.497 e. The average molecular weight is 410 g/mol.